The number of carbonyl (C=O) groups is 1. The van der Waals surface area contributed by atoms with Crippen LogP contribution in [0.5, 0.6) is 11.5 Å². The summed E-state index contributed by atoms with van der Waals surface area (Å²) in [6.45, 7) is 2.10. The molecular weight excluding hydrogens is 320 g/mol. The number of ether oxygens (including phenoxy) is 2. The van der Waals surface area contributed by atoms with E-state index in [4.69, 9.17) is 9.47 Å². The van der Waals surface area contributed by atoms with Gasteiger partial charge < -0.3 is 14.8 Å². The van der Waals surface area contributed by atoms with Gasteiger partial charge in [-0.2, -0.15) is 5.10 Å². The number of benzene rings is 1. The minimum absolute atomic E-state index is 0.0356. The number of hydrogen-bond donors (Lipinski definition) is 1. The van der Waals surface area contributed by atoms with Gasteiger partial charge in [-0.05, 0) is 37.1 Å². The molecule has 7 heteroatoms. The molecule has 7 nitrogen and oxygen atoms in total. The Morgan fingerprint density at radius 2 is 2.24 bits per heavy atom. The number of fused-ring (bicyclic) bond motifs is 1. The Morgan fingerprint density at radius 3 is 3.08 bits per heavy atom. The summed E-state index contributed by atoms with van der Waals surface area (Å²) in [4.78, 5) is 14.6. The summed E-state index contributed by atoms with van der Waals surface area (Å²) in [5.74, 6) is 1.53. The average Bonchev–Trinajstić information content (AvgIpc) is 3.32. The fraction of sp³-hybridized carbons (Fsp3) is 0.444. The quantitative estimate of drug-likeness (QED) is 0.894. The van der Waals surface area contributed by atoms with Crippen LogP contribution in [0.4, 0.5) is 0 Å². The van der Waals surface area contributed by atoms with E-state index in [1.54, 1.807) is 0 Å². The second kappa shape index (κ2) is 6.76. The third-order valence-corrected chi connectivity index (χ3v) is 4.75. The Kier molecular flexibility index (Phi) is 4.31. The Hall–Kier alpha value is -2.54. The molecule has 1 aromatic carbocycles. The highest BCUT2D eigenvalue weighted by Gasteiger charge is 2.28. The summed E-state index contributed by atoms with van der Waals surface area (Å²) in [5.41, 5.74) is 2.19. The molecule has 25 heavy (non-hydrogen) atoms. The summed E-state index contributed by atoms with van der Waals surface area (Å²) < 4.78 is 12.5. The monoisotopic (exact) mass is 342 g/mol. The molecule has 2 aliphatic rings. The van der Waals surface area contributed by atoms with Gasteiger partial charge in [-0.3, -0.25) is 14.4 Å². The number of carbonyl (C=O) groups excluding carboxylic acids is 1. The van der Waals surface area contributed by atoms with Crippen molar-refractivity contribution in [2.24, 2.45) is 7.05 Å². The molecule has 0 unspecified atom stereocenters. The van der Waals surface area contributed by atoms with Gasteiger partial charge in [0.1, 0.15) is 0 Å². The van der Waals surface area contributed by atoms with Crippen LogP contribution in [-0.4, -0.2) is 40.5 Å². The summed E-state index contributed by atoms with van der Waals surface area (Å²) >= 11 is 0. The standard InChI is InChI=1S/C18H22N4O3/c1-21-10-14(9-20-21)15-3-2-6-22(15)11-18(23)19-8-13-4-5-16-17(7-13)25-12-24-16/h4-5,7,9-10,15H,2-3,6,8,11-12H2,1H3,(H,19,23)/t15-/m0/s1. The van der Waals surface area contributed by atoms with Crippen LogP contribution in [-0.2, 0) is 18.4 Å². The van der Waals surface area contributed by atoms with Crippen molar-refractivity contribution in [3.8, 4) is 11.5 Å². The Bertz CT molecular complexity index is 773. The van der Waals surface area contributed by atoms with Gasteiger partial charge in [-0.1, -0.05) is 6.07 Å². The Morgan fingerprint density at radius 1 is 1.36 bits per heavy atom. The molecule has 2 aliphatic heterocycles. The minimum atomic E-state index is 0.0356. The molecule has 132 valence electrons. The van der Waals surface area contributed by atoms with E-state index in [1.807, 2.05) is 42.3 Å². The van der Waals surface area contributed by atoms with E-state index in [9.17, 15) is 4.79 Å². The first kappa shape index (κ1) is 16.0. The molecule has 0 radical (unpaired) electrons. The van der Waals surface area contributed by atoms with Crippen molar-refractivity contribution >= 4 is 5.91 Å². The molecule has 1 amide bonds. The maximum Gasteiger partial charge on any atom is 0.234 e. The van der Waals surface area contributed by atoms with Gasteiger partial charge in [-0.25, -0.2) is 0 Å². The van der Waals surface area contributed by atoms with Crippen LogP contribution in [0.15, 0.2) is 30.6 Å². The van der Waals surface area contributed by atoms with Crippen molar-refractivity contribution < 1.29 is 14.3 Å². The van der Waals surface area contributed by atoms with Crippen LogP contribution in [0.3, 0.4) is 0 Å². The van der Waals surface area contributed by atoms with Crippen LogP contribution in [0.1, 0.15) is 30.0 Å². The van der Waals surface area contributed by atoms with E-state index >= 15 is 0 Å². The van der Waals surface area contributed by atoms with Gasteiger partial charge in [0.25, 0.3) is 0 Å². The molecular formula is C18H22N4O3. The Balaban J connectivity index is 1.32. The second-order valence-corrected chi connectivity index (χ2v) is 6.54. The van der Waals surface area contributed by atoms with Gasteiger partial charge in [0.15, 0.2) is 11.5 Å². The van der Waals surface area contributed by atoms with Crippen LogP contribution >= 0.6 is 0 Å². The zero-order chi connectivity index (χ0) is 17.2. The highest BCUT2D eigenvalue weighted by molar-refractivity contribution is 5.78. The van der Waals surface area contributed by atoms with E-state index < -0.39 is 0 Å². The largest absolute Gasteiger partial charge is 0.454 e. The van der Waals surface area contributed by atoms with E-state index in [-0.39, 0.29) is 18.7 Å². The highest BCUT2D eigenvalue weighted by Crippen LogP contribution is 2.33. The molecule has 1 aromatic heterocycles. The van der Waals surface area contributed by atoms with Crippen molar-refractivity contribution in [2.75, 3.05) is 19.9 Å². The first-order valence-corrected chi connectivity index (χ1v) is 8.57. The normalized spacial score (nSPS) is 19.3. The van der Waals surface area contributed by atoms with Crippen LogP contribution in [0, 0.1) is 0 Å². The van der Waals surface area contributed by atoms with Crippen LogP contribution in [0.25, 0.3) is 0 Å². The van der Waals surface area contributed by atoms with E-state index in [0.29, 0.717) is 13.1 Å². The topological polar surface area (TPSA) is 68.6 Å². The van der Waals surface area contributed by atoms with Crippen molar-refractivity contribution in [3.05, 3.63) is 41.7 Å². The zero-order valence-corrected chi connectivity index (χ0v) is 14.3. The molecule has 1 N–H and O–H groups in total. The molecule has 1 atom stereocenters. The van der Waals surface area contributed by atoms with Gasteiger partial charge >= 0.3 is 0 Å². The van der Waals surface area contributed by atoms with Crippen LogP contribution < -0.4 is 14.8 Å². The second-order valence-electron chi connectivity index (χ2n) is 6.54. The van der Waals surface area contributed by atoms with E-state index in [2.05, 4.69) is 15.3 Å². The lowest BCUT2D eigenvalue weighted by Gasteiger charge is -2.22. The molecule has 2 aromatic rings. The Labute approximate surface area is 146 Å². The molecule has 0 aliphatic carbocycles. The first-order valence-electron chi connectivity index (χ1n) is 8.57. The van der Waals surface area contributed by atoms with Crippen molar-refractivity contribution in [2.45, 2.75) is 25.4 Å². The molecule has 4 rings (SSSR count). The van der Waals surface area contributed by atoms with E-state index in [1.165, 1.54) is 5.56 Å². The predicted molar refractivity (Wildman–Crippen MR) is 91.2 cm³/mol. The number of nitrogens with one attached hydrogen (secondary N) is 1. The lowest BCUT2D eigenvalue weighted by molar-refractivity contribution is -0.122. The molecule has 0 saturated carbocycles. The van der Waals surface area contributed by atoms with Gasteiger partial charge in [0.05, 0.1) is 12.7 Å². The summed E-state index contributed by atoms with van der Waals surface area (Å²) in [6, 6.07) is 6.02. The van der Waals surface area contributed by atoms with Crippen molar-refractivity contribution in [1.29, 1.82) is 0 Å². The fourth-order valence-corrected chi connectivity index (χ4v) is 3.50. The van der Waals surface area contributed by atoms with Crippen molar-refractivity contribution in [1.82, 2.24) is 20.0 Å². The van der Waals surface area contributed by atoms with Gasteiger partial charge in [0.2, 0.25) is 12.7 Å². The zero-order valence-electron chi connectivity index (χ0n) is 14.3. The maximum atomic E-state index is 12.4. The van der Waals surface area contributed by atoms with Crippen LogP contribution in [0.2, 0.25) is 0 Å². The van der Waals surface area contributed by atoms with E-state index in [0.717, 1.165) is 36.4 Å². The molecule has 0 spiro atoms. The lowest BCUT2D eigenvalue weighted by atomic mass is 10.1. The number of nitrogens with zero attached hydrogens (tertiary/aromatic N) is 3. The number of likely N-dealkylation sites (tertiary alicyclic amines) is 1. The summed E-state index contributed by atoms with van der Waals surface area (Å²) in [5, 5.41) is 7.24. The first-order chi connectivity index (χ1) is 12.2. The third kappa shape index (κ3) is 3.46. The highest BCUT2D eigenvalue weighted by atomic mass is 16.7. The molecule has 1 fully saturated rings. The number of rotatable bonds is 5. The summed E-state index contributed by atoms with van der Waals surface area (Å²) in [6.07, 6.45) is 6.11. The molecule has 1 saturated heterocycles. The smallest absolute Gasteiger partial charge is 0.234 e. The SMILES string of the molecule is Cn1cc([C@@H]2CCCN2CC(=O)NCc2ccc3c(c2)OCO3)cn1. The average molecular weight is 342 g/mol. The number of hydrogen-bond acceptors (Lipinski definition) is 5. The molecule has 3 heterocycles. The number of amides is 1. The lowest BCUT2D eigenvalue weighted by Crippen LogP contribution is -2.36. The number of aryl methyl sites for hydroxylation is 1. The molecule has 0 bridgehead atoms. The third-order valence-electron chi connectivity index (χ3n) is 4.75. The fourth-order valence-electron chi connectivity index (χ4n) is 3.50. The van der Waals surface area contributed by atoms with Gasteiger partial charge in [0, 0.05) is 31.4 Å². The van der Waals surface area contributed by atoms with Crippen molar-refractivity contribution in [3.63, 3.8) is 0 Å². The summed E-state index contributed by atoms with van der Waals surface area (Å²) in [7, 11) is 1.92. The maximum absolute atomic E-state index is 12.4. The predicted octanol–water partition coefficient (Wildman–Crippen LogP) is 1.60. The number of aromatic nitrogens is 2. The van der Waals surface area contributed by atoms with Gasteiger partial charge in [-0.15, -0.1) is 0 Å². The minimum Gasteiger partial charge on any atom is -0.454 e.